The second kappa shape index (κ2) is 7.81. The molecule has 6 nitrogen and oxygen atoms in total. The molecular weight excluding hydrogens is 440 g/mol. The molecule has 6 heteroatoms. The largest absolute Gasteiger partial charge is 0.478 e. The quantitative estimate of drug-likeness (QED) is 0.298. The van der Waals surface area contributed by atoms with Crippen molar-refractivity contribution in [1.82, 2.24) is 9.55 Å². The van der Waals surface area contributed by atoms with Crippen molar-refractivity contribution in [3.63, 3.8) is 0 Å². The lowest BCUT2D eigenvalue weighted by molar-refractivity contribution is 0.0651. The average Bonchev–Trinajstić information content (AvgIpc) is 3.30. The maximum Gasteiger partial charge on any atom is 0.336 e. The standard InChI is InChI=1S/C29H18N2O4/c32-28(33)23-15-14-18(16-24(23)29(34)35)31-26-22-13-7-5-11-20(22)19-10-4-6-12-21(19)25(26)30-27(31)17-8-2-1-3-9-17/h1-16H,(H,32,33)(H,34,35). The van der Waals surface area contributed by atoms with Crippen LogP contribution in [-0.2, 0) is 0 Å². The molecule has 35 heavy (non-hydrogen) atoms. The van der Waals surface area contributed by atoms with Crippen LogP contribution in [0.2, 0.25) is 0 Å². The van der Waals surface area contributed by atoms with Crippen molar-refractivity contribution in [3.8, 4) is 17.1 Å². The van der Waals surface area contributed by atoms with Gasteiger partial charge >= 0.3 is 11.9 Å². The Hall–Kier alpha value is -4.97. The van der Waals surface area contributed by atoms with Crippen LogP contribution in [0.1, 0.15) is 20.7 Å². The zero-order chi connectivity index (χ0) is 24.1. The topological polar surface area (TPSA) is 92.4 Å². The maximum atomic E-state index is 12.0. The molecule has 168 valence electrons. The summed E-state index contributed by atoms with van der Waals surface area (Å²) in [6.07, 6.45) is 0. The highest BCUT2D eigenvalue weighted by Crippen LogP contribution is 2.39. The van der Waals surface area contributed by atoms with Crippen LogP contribution in [0.25, 0.3) is 49.7 Å². The SMILES string of the molecule is O=C(O)c1ccc(-n2c(-c3ccccc3)nc3c4ccccc4c4ccccc4c32)cc1C(=O)O. The highest BCUT2D eigenvalue weighted by molar-refractivity contribution is 6.24. The van der Waals surface area contributed by atoms with E-state index < -0.39 is 11.9 Å². The van der Waals surface area contributed by atoms with Gasteiger partial charge in [0.05, 0.1) is 22.2 Å². The summed E-state index contributed by atoms with van der Waals surface area (Å²) in [4.78, 5) is 28.7. The summed E-state index contributed by atoms with van der Waals surface area (Å²) in [5.74, 6) is -1.95. The molecule has 0 aliphatic heterocycles. The third-order valence-corrected chi connectivity index (χ3v) is 6.29. The predicted octanol–water partition coefficient (Wildman–Crippen LogP) is 6.40. The first-order valence-electron chi connectivity index (χ1n) is 11.0. The highest BCUT2D eigenvalue weighted by atomic mass is 16.4. The Bertz CT molecular complexity index is 1800. The summed E-state index contributed by atoms with van der Waals surface area (Å²) < 4.78 is 1.93. The Morgan fingerprint density at radius 1 is 0.629 bits per heavy atom. The van der Waals surface area contributed by atoms with Crippen LogP contribution in [-0.4, -0.2) is 31.7 Å². The number of nitrogens with zero attached hydrogens (tertiary/aromatic N) is 2. The second-order valence-electron chi connectivity index (χ2n) is 8.27. The lowest BCUT2D eigenvalue weighted by Crippen LogP contribution is -2.09. The van der Waals surface area contributed by atoms with Crippen LogP contribution in [0.5, 0.6) is 0 Å². The number of hydrogen-bond donors (Lipinski definition) is 2. The maximum absolute atomic E-state index is 12.0. The van der Waals surface area contributed by atoms with Crippen LogP contribution in [0, 0.1) is 0 Å². The van der Waals surface area contributed by atoms with Gasteiger partial charge in [0.15, 0.2) is 0 Å². The number of aromatic nitrogens is 2. The predicted molar refractivity (Wildman–Crippen MR) is 135 cm³/mol. The van der Waals surface area contributed by atoms with E-state index in [2.05, 4.69) is 12.1 Å². The van der Waals surface area contributed by atoms with E-state index in [1.54, 1.807) is 6.07 Å². The molecular formula is C29H18N2O4. The van der Waals surface area contributed by atoms with Crippen molar-refractivity contribution in [3.05, 3.63) is 108 Å². The normalized spacial score (nSPS) is 11.3. The van der Waals surface area contributed by atoms with Crippen molar-refractivity contribution in [1.29, 1.82) is 0 Å². The lowest BCUT2D eigenvalue weighted by Gasteiger charge is -2.14. The third-order valence-electron chi connectivity index (χ3n) is 6.29. The van der Waals surface area contributed by atoms with Gasteiger partial charge in [-0.3, -0.25) is 4.57 Å². The highest BCUT2D eigenvalue weighted by Gasteiger charge is 2.22. The minimum Gasteiger partial charge on any atom is -0.478 e. The van der Waals surface area contributed by atoms with Gasteiger partial charge < -0.3 is 10.2 Å². The van der Waals surface area contributed by atoms with E-state index in [1.165, 1.54) is 12.1 Å². The first-order chi connectivity index (χ1) is 17.0. The van der Waals surface area contributed by atoms with E-state index in [0.29, 0.717) is 11.5 Å². The molecule has 0 radical (unpaired) electrons. The van der Waals surface area contributed by atoms with Crippen molar-refractivity contribution in [2.75, 3.05) is 0 Å². The summed E-state index contributed by atoms with van der Waals surface area (Å²) in [6, 6.07) is 30.2. The fraction of sp³-hybridized carbons (Fsp3) is 0. The van der Waals surface area contributed by atoms with Gasteiger partial charge in [-0.2, -0.15) is 0 Å². The number of carboxylic acids is 2. The first-order valence-corrected chi connectivity index (χ1v) is 11.0. The average molecular weight is 458 g/mol. The number of benzene rings is 5. The molecule has 0 aliphatic carbocycles. The van der Waals surface area contributed by atoms with Crippen molar-refractivity contribution < 1.29 is 19.8 Å². The number of fused-ring (bicyclic) bond motifs is 6. The van der Waals surface area contributed by atoms with Crippen LogP contribution >= 0.6 is 0 Å². The Labute approximate surface area is 199 Å². The van der Waals surface area contributed by atoms with E-state index in [-0.39, 0.29) is 11.1 Å². The number of carbonyl (C=O) groups is 2. The van der Waals surface area contributed by atoms with Crippen LogP contribution < -0.4 is 0 Å². The van der Waals surface area contributed by atoms with Gasteiger partial charge in [0.1, 0.15) is 5.82 Å². The molecule has 0 unspecified atom stereocenters. The van der Waals surface area contributed by atoms with Crippen LogP contribution in [0.4, 0.5) is 0 Å². The molecule has 2 N–H and O–H groups in total. The number of hydrogen-bond acceptors (Lipinski definition) is 3. The summed E-state index contributed by atoms with van der Waals surface area (Å²) in [7, 11) is 0. The minimum absolute atomic E-state index is 0.262. The second-order valence-corrected chi connectivity index (χ2v) is 8.27. The van der Waals surface area contributed by atoms with Gasteiger partial charge in [0.25, 0.3) is 0 Å². The molecule has 1 heterocycles. The Morgan fingerprint density at radius 3 is 1.86 bits per heavy atom. The van der Waals surface area contributed by atoms with Gasteiger partial charge in [-0.1, -0.05) is 78.9 Å². The lowest BCUT2D eigenvalue weighted by atomic mass is 9.99. The molecule has 0 saturated carbocycles. The Kier molecular flexibility index (Phi) is 4.60. The van der Waals surface area contributed by atoms with Gasteiger partial charge in [-0.15, -0.1) is 0 Å². The number of aromatic carboxylic acids is 2. The van der Waals surface area contributed by atoms with Gasteiger partial charge in [-0.25, -0.2) is 14.6 Å². The number of rotatable bonds is 4. The van der Waals surface area contributed by atoms with Crippen LogP contribution in [0.3, 0.4) is 0 Å². The number of imidazole rings is 1. The monoisotopic (exact) mass is 458 g/mol. The molecule has 0 bridgehead atoms. The molecule has 0 fully saturated rings. The smallest absolute Gasteiger partial charge is 0.336 e. The number of carboxylic acid groups (broad SMARTS) is 2. The molecule has 0 atom stereocenters. The van der Waals surface area contributed by atoms with Gasteiger partial charge in [0.2, 0.25) is 0 Å². The summed E-state index contributed by atoms with van der Waals surface area (Å²) in [5, 5.41) is 23.4. The molecule has 6 rings (SSSR count). The van der Waals surface area contributed by atoms with Gasteiger partial charge in [-0.05, 0) is 29.0 Å². The summed E-state index contributed by atoms with van der Waals surface area (Å²) in [6.45, 7) is 0. The molecule has 5 aromatic carbocycles. The Morgan fingerprint density at radius 2 is 1.20 bits per heavy atom. The van der Waals surface area contributed by atoms with Crippen molar-refractivity contribution in [2.24, 2.45) is 0 Å². The van der Waals surface area contributed by atoms with Crippen molar-refractivity contribution >= 4 is 44.5 Å². The zero-order valence-electron chi connectivity index (χ0n) is 18.3. The fourth-order valence-electron chi connectivity index (χ4n) is 4.77. The van der Waals surface area contributed by atoms with Crippen molar-refractivity contribution in [2.45, 2.75) is 0 Å². The van der Waals surface area contributed by atoms with Crippen LogP contribution in [0.15, 0.2) is 97.1 Å². The molecule has 0 aliphatic rings. The minimum atomic E-state index is -1.30. The molecule has 0 spiro atoms. The van der Waals surface area contributed by atoms with E-state index >= 15 is 0 Å². The van der Waals surface area contributed by atoms with E-state index in [1.807, 2.05) is 71.3 Å². The summed E-state index contributed by atoms with van der Waals surface area (Å²) >= 11 is 0. The van der Waals surface area contributed by atoms with E-state index in [9.17, 15) is 19.8 Å². The Balaban J connectivity index is 1.83. The molecule has 0 amide bonds. The van der Waals surface area contributed by atoms with E-state index in [4.69, 9.17) is 4.98 Å². The summed E-state index contributed by atoms with van der Waals surface area (Å²) in [5.41, 5.74) is 2.46. The van der Waals surface area contributed by atoms with Gasteiger partial charge in [0, 0.05) is 22.0 Å². The zero-order valence-corrected chi connectivity index (χ0v) is 18.3. The van der Waals surface area contributed by atoms with E-state index in [0.717, 1.165) is 38.1 Å². The molecule has 6 aromatic rings. The third kappa shape index (κ3) is 3.15. The fourth-order valence-corrected chi connectivity index (χ4v) is 4.77. The molecule has 0 saturated heterocycles. The first kappa shape index (κ1) is 20.6. The molecule has 1 aromatic heterocycles.